The lowest BCUT2D eigenvalue weighted by atomic mass is 10.1. The van der Waals surface area contributed by atoms with Gasteiger partial charge in [-0.25, -0.2) is 9.97 Å². The SMILES string of the molecule is CC(N)C(O)C#Cc1ccc2ncnc(Nc3ccc(Oc4ccccc4)c(Cl)c3)c2c1. The number of para-hydroxylation sites is 1. The van der Waals surface area contributed by atoms with Crippen molar-refractivity contribution >= 4 is 34.0 Å². The van der Waals surface area contributed by atoms with Crippen LogP contribution in [0.1, 0.15) is 12.5 Å². The number of benzene rings is 3. The Morgan fingerprint density at radius 3 is 2.62 bits per heavy atom. The first-order valence-electron chi connectivity index (χ1n) is 9.99. The van der Waals surface area contributed by atoms with E-state index in [-0.39, 0.29) is 0 Å². The van der Waals surface area contributed by atoms with Crippen molar-refractivity contribution < 1.29 is 9.84 Å². The minimum atomic E-state index is -0.894. The second-order valence-corrected chi connectivity index (χ2v) is 7.62. The lowest BCUT2D eigenvalue weighted by molar-refractivity contribution is 0.207. The quantitative estimate of drug-likeness (QED) is 0.380. The van der Waals surface area contributed by atoms with Crippen LogP contribution in [0.3, 0.4) is 0 Å². The van der Waals surface area contributed by atoms with Gasteiger partial charge in [0.1, 0.15) is 29.7 Å². The van der Waals surface area contributed by atoms with Crippen LogP contribution in [0.15, 0.2) is 73.1 Å². The zero-order valence-electron chi connectivity index (χ0n) is 17.3. The molecule has 1 heterocycles. The summed E-state index contributed by atoms with van der Waals surface area (Å²) in [6, 6.07) is 20.0. The third-order valence-electron chi connectivity index (χ3n) is 4.66. The van der Waals surface area contributed by atoms with E-state index < -0.39 is 12.1 Å². The van der Waals surface area contributed by atoms with Crippen molar-refractivity contribution in [2.45, 2.75) is 19.1 Å². The number of nitrogens with one attached hydrogen (secondary N) is 1. The van der Waals surface area contributed by atoms with E-state index in [1.54, 1.807) is 19.1 Å². The number of rotatable bonds is 5. The first kappa shape index (κ1) is 21.6. The number of hydrogen-bond donors (Lipinski definition) is 3. The molecule has 1 aromatic heterocycles. The van der Waals surface area contributed by atoms with Crippen LogP contribution < -0.4 is 15.8 Å². The van der Waals surface area contributed by atoms with Crippen LogP contribution in [0.25, 0.3) is 10.9 Å². The third-order valence-corrected chi connectivity index (χ3v) is 4.96. The summed E-state index contributed by atoms with van der Waals surface area (Å²) in [5.41, 5.74) is 7.90. The Balaban J connectivity index is 1.59. The van der Waals surface area contributed by atoms with Crippen LogP contribution in [0, 0.1) is 11.8 Å². The van der Waals surface area contributed by atoms with Crippen molar-refractivity contribution in [3.8, 4) is 23.3 Å². The summed E-state index contributed by atoms with van der Waals surface area (Å²) in [5.74, 6) is 7.58. The van der Waals surface area contributed by atoms with Gasteiger partial charge in [0, 0.05) is 22.7 Å². The molecule has 4 aromatic rings. The van der Waals surface area contributed by atoms with Crippen LogP contribution in [-0.2, 0) is 0 Å². The van der Waals surface area contributed by atoms with Gasteiger partial charge in [-0.3, -0.25) is 0 Å². The normalized spacial score (nSPS) is 12.5. The molecule has 32 heavy (non-hydrogen) atoms. The molecule has 4 N–H and O–H groups in total. The first-order chi connectivity index (χ1) is 15.5. The van der Waals surface area contributed by atoms with E-state index in [1.165, 1.54) is 6.33 Å². The van der Waals surface area contributed by atoms with Gasteiger partial charge in [0.2, 0.25) is 0 Å². The largest absolute Gasteiger partial charge is 0.456 e. The molecule has 0 aliphatic heterocycles. The minimum absolute atomic E-state index is 0.429. The van der Waals surface area contributed by atoms with Gasteiger partial charge < -0.3 is 20.9 Å². The highest BCUT2D eigenvalue weighted by Gasteiger charge is 2.09. The lowest BCUT2D eigenvalue weighted by Gasteiger charge is -2.12. The number of aliphatic hydroxyl groups is 1. The first-order valence-corrected chi connectivity index (χ1v) is 10.4. The molecule has 4 rings (SSSR count). The molecule has 0 radical (unpaired) electrons. The van der Waals surface area contributed by atoms with Gasteiger partial charge in [-0.2, -0.15) is 0 Å². The third kappa shape index (κ3) is 5.16. The van der Waals surface area contributed by atoms with Gasteiger partial charge in [-0.15, -0.1) is 0 Å². The van der Waals surface area contributed by atoms with E-state index in [1.807, 2.05) is 54.6 Å². The summed E-state index contributed by atoms with van der Waals surface area (Å²) < 4.78 is 5.83. The summed E-state index contributed by atoms with van der Waals surface area (Å²) >= 11 is 6.44. The zero-order chi connectivity index (χ0) is 22.5. The number of aliphatic hydroxyl groups excluding tert-OH is 1. The molecule has 6 nitrogen and oxygen atoms in total. The summed E-state index contributed by atoms with van der Waals surface area (Å²) in [5, 5.41) is 14.4. The molecule has 0 aliphatic rings. The molecular weight excluding hydrogens is 424 g/mol. The highest BCUT2D eigenvalue weighted by atomic mass is 35.5. The van der Waals surface area contributed by atoms with Gasteiger partial charge >= 0.3 is 0 Å². The van der Waals surface area contributed by atoms with Crippen LogP contribution >= 0.6 is 11.6 Å². The number of ether oxygens (including phenoxy) is 1. The Morgan fingerprint density at radius 2 is 1.88 bits per heavy atom. The fourth-order valence-electron chi connectivity index (χ4n) is 2.94. The molecule has 0 spiro atoms. The average molecular weight is 445 g/mol. The molecule has 2 atom stereocenters. The Kier molecular flexibility index (Phi) is 6.52. The van der Waals surface area contributed by atoms with E-state index in [0.29, 0.717) is 22.3 Å². The highest BCUT2D eigenvalue weighted by molar-refractivity contribution is 6.32. The van der Waals surface area contributed by atoms with Crippen molar-refractivity contribution in [1.82, 2.24) is 9.97 Å². The maximum atomic E-state index is 9.83. The smallest absolute Gasteiger partial charge is 0.146 e. The number of aromatic nitrogens is 2. The second-order valence-electron chi connectivity index (χ2n) is 7.21. The van der Waals surface area contributed by atoms with Gasteiger partial charge in [-0.1, -0.05) is 41.6 Å². The van der Waals surface area contributed by atoms with Gasteiger partial charge in [-0.05, 0) is 55.5 Å². The minimum Gasteiger partial charge on any atom is -0.456 e. The summed E-state index contributed by atoms with van der Waals surface area (Å²) in [6.07, 6.45) is 0.596. The molecule has 0 aliphatic carbocycles. The van der Waals surface area contributed by atoms with E-state index in [2.05, 4.69) is 27.1 Å². The van der Waals surface area contributed by atoms with Crippen LogP contribution in [-0.4, -0.2) is 27.2 Å². The Labute approximate surface area is 191 Å². The number of halogens is 1. The molecular formula is C25H21ClN4O2. The molecule has 7 heteroatoms. The Hall–Kier alpha value is -3.63. The topological polar surface area (TPSA) is 93.3 Å². The predicted octanol–water partition coefficient (Wildman–Crippen LogP) is 4.88. The molecule has 0 saturated heterocycles. The maximum absolute atomic E-state index is 9.83. The number of anilines is 2. The fraction of sp³-hybridized carbons (Fsp3) is 0.120. The summed E-state index contributed by atoms with van der Waals surface area (Å²) in [7, 11) is 0. The van der Waals surface area contributed by atoms with Crippen LogP contribution in [0.4, 0.5) is 11.5 Å². The van der Waals surface area contributed by atoms with E-state index in [9.17, 15) is 5.11 Å². The predicted molar refractivity (Wildman–Crippen MR) is 127 cm³/mol. The van der Waals surface area contributed by atoms with E-state index in [0.717, 1.165) is 22.2 Å². The molecule has 0 amide bonds. The second kappa shape index (κ2) is 9.67. The van der Waals surface area contributed by atoms with Gasteiger partial charge in [0.15, 0.2) is 0 Å². The standard InChI is InChI=1S/C25H21ClN4O2/c1-16(27)23(31)11-8-17-7-10-22-20(13-17)25(29-15-28-22)30-18-9-12-24(21(26)14-18)32-19-5-3-2-4-6-19/h2-7,9-10,12-16,23,31H,27H2,1H3,(H,28,29,30). The maximum Gasteiger partial charge on any atom is 0.146 e. The molecule has 2 unspecified atom stereocenters. The van der Waals surface area contributed by atoms with Crippen molar-refractivity contribution in [3.63, 3.8) is 0 Å². The fourth-order valence-corrected chi connectivity index (χ4v) is 3.16. The molecule has 0 bridgehead atoms. The number of nitrogens with two attached hydrogens (primary N) is 1. The number of fused-ring (bicyclic) bond motifs is 1. The van der Waals surface area contributed by atoms with Gasteiger partial charge in [0.25, 0.3) is 0 Å². The Bertz CT molecular complexity index is 1300. The summed E-state index contributed by atoms with van der Waals surface area (Å²) in [4.78, 5) is 8.68. The molecule has 160 valence electrons. The molecule has 0 saturated carbocycles. The monoisotopic (exact) mass is 444 g/mol. The van der Waals surface area contributed by atoms with Crippen molar-refractivity contribution in [1.29, 1.82) is 0 Å². The van der Waals surface area contributed by atoms with Crippen LogP contribution in [0.5, 0.6) is 11.5 Å². The average Bonchev–Trinajstić information content (AvgIpc) is 2.80. The Morgan fingerprint density at radius 1 is 1.06 bits per heavy atom. The zero-order valence-corrected chi connectivity index (χ0v) is 18.0. The number of nitrogens with zero attached hydrogens (tertiary/aromatic N) is 2. The highest BCUT2D eigenvalue weighted by Crippen LogP contribution is 2.33. The van der Waals surface area contributed by atoms with Crippen molar-refractivity contribution in [2.75, 3.05) is 5.32 Å². The van der Waals surface area contributed by atoms with Gasteiger partial charge in [0.05, 0.1) is 10.5 Å². The molecule has 0 fully saturated rings. The molecule has 3 aromatic carbocycles. The van der Waals surface area contributed by atoms with Crippen molar-refractivity contribution in [3.05, 3.63) is 83.6 Å². The number of hydrogen-bond acceptors (Lipinski definition) is 6. The van der Waals surface area contributed by atoms with Crippen molar-refractivity contribution in [2.24, 2.45) is 5.73 Å². The lowest BCUT2D eigenvalue weighted by Crippen LogP contribution is -2.29. The summed E-state index contributed by atoms with van der Waals surface area (Å²) in [6.45, 7) is 1.71. The van der Waals surface area contributed by atoms with E-state index >= 15 is 0 Å². The van der Waals surface area contributed by atoms with E-state index in [4.69, 9.17) is 22.1 Å². The van der Waals surface area contributed by atoms with Crippen LogP contribution in [0.2, 0.25) is 5.02 Å².